The number of nitrogens with zero attached hydrogens (tertiary/aromatic N) is 2. The summed E-state index contributed by atoms with van der Waals surface area (Å²) in [6.45, 7) is 7.11. The third kappa shape index (κ3) is 2.94. The molecule has 2 rings (SSSR count). The van der Waals surface area contributed by atoms with Crippen molar-refractivity contribution in [3.63, 3.8) is 0 Å². The van der Waals surface area contributed by atoms with E-state index in [0.717, 1.165) is 26.2 Å². The Morgan fingerprint density at radius 2 is 1.93 bits per heavy atom. The normalized spacial score (nSPS) is 28.3. The van der Waals surface area contributed by atoms with Crippen molar-refractivity contribution in [2.75, 3.05) is 32.7 Å². The zero-order valence-corrected chi connectivity index (χ0v) is 9.74. The maximum atomic E-state index is 12.0. The third-order valence-electron chi connectivity index (χ3n) is 3.57. The summed E-state index contributed by atoms with van der Waals surface area (Å²) in [5.41, 5.74) is 0. The van der Waals surface area contributed by atoms with Gasteiger partial charge in [-0.1, -0.05) is 6.92 Å². The first-order valence-electron chi connectivity index (χ1n) is 6.26. The number of carbonyl (C=O) groups excluding carboxylic acids is 1. The zero-order chi connectivity index (χ0) is 10.7. The summed E-state index contributed by atoms with van der Waals surface area (Å²) in [6.07, 6.45) is 5.01. The highest BCUT2D eigenvalue weighted by Crippen LogP contribution is 2.16. The predicted octanol–water partition coefficient (Wildman–Crippen LogP) is 1.34. The average molecular weight is 210 g/mol. The first kappa shape index (κ1) is 10.9. The molecule has 0 aromatic carbocycles. The molecule has 0 aliphatic carbocycles. The van der Waals surface area contributed by atoms with Crippen LogP contribution in [0.2, 0.25) is 0 Å². The van der Waals surface area contributed by atoms with Crippen molar-refractivity contribution in [1.82, 2.24) is 9.80 Å². The van der Waals surface area contributed by atoms with Crippen LogP contribution in [-0.4, -0.2) is 48.4 Å². The zero-order valence-electron chi connectivity index (χ0n) is 9.74. The molecule has 3 heteroatoms. The number of amides is 1. The molecule has 0 spiro atoms. The summed E-state index contributed by atoms with van der Waals surface area (Å²) in [5, 5.41) is 0. The molecular weight excluding hydrogens is 188 g/mol. The summed E-state index contributed by atoms with van der Waals surface area (Å²) < 4.78 is 0. The van der Waals surface area contributed by atoms with Gasteiger partial charge in [0.05, 0.1) is 6.54 Å². The number of piperidine rings is 1. The van der Waals surface area contributed by atoms with Crippen LogP contribution >= 0.6 is 0 Å². The fraction of sp³-hybridized carbons (Fsp3) is 0.917. The van der Waals surface area contributed by atoms with Crippen LogP contribution in [0.5, 0.6) is 0 Å². The predicted molar refractivity (Wildman–Crippen MR) is 60.7 cm³/mol. The lowest BCUT2D eigenvalue weighted by Crippen LogP contribution is -2.44. The largest absolute Gasteiger partial charge is 0.341 e. The van der Waals surface area contributed by atoms with Gasteiger partial charge in [0.2, 0.25) is 5.91 Å². The molecule has 1 atom stereocenters. The molecule has 1 amide bonds. The van der Waals surface area contributed by atoms with Gasteiger partial charge in [-0.3, -0.25) is 9.69 Å². The molecule has 3 nitrogen and oxygen atoms in total. The van der Waals surface area contributed by atoms with Crippen LogP contribution in [0.3, 0.4) is 0 Å². The van der Waals surface area contributed by atoms with E-state index in [2.05, 4.69) is 16.7 Å². The van der Waals surface area contributed by atoms with Gasteiger partial charge in [-0.15, -0.1) is 0 Å². The Balaban J connectivity index is 1.78. The molecule has 2 saturated heterocycles. The van der Waals surface area contributed by atoms with Crippen LogP contribution in [0.15, 0.2) is 0 Å². The summed E-state index contributed by atoms with van der Waals surface area (Å²) >= 11 is 0. The first-order chi connectivity index (χ1) is 7.25. The Morgan fingerprint density at radius 3 is 2.60 bits per heavy atom. The van der Waals surface area contributed by atoms with E-state index in [1.165, 1.54) is 25.7 Å². The van der Waals surface area contributed by atoms with Crippen molar-refractivity contribution in [1.29, 1.82) is 0 Å². The lowest BCUT2D eigenvalue weighted by Gasteiger charge is -2.32. The minimum atomic E-state index is 0.350. The van der Waals surface area contributed by atoms with Gasteiger partial charge in [0.25, 0.3) is 0 Å². The lowest BCUT2D eigenvalue weighted by molar-refractivity contribution is -0.133. The Hall–Kier alpha value is -0.570. The molecule has 0 aromatic heterocycles. The SMILES string of the molecule is CC1CCCN(C(=O)CN2CCCC2)C1. The Kier molecular flexibility index (Phi) is 3.62. The summed E-state index contributed by atoms with van der Waals surface area (Å²) in [6, 6.07) is 0. The van der Waals surface area contributed by atoms with Crippen LogP contribution < -0.4 is 0 Å². The van der Waals surface area contributed by atoms with Crippen molar-refractivity contribution < 1.29 is 4.79 Å². The van der Waals surface area contributed by atoms with Gasteiger partial charge in [0.1, 0.15) is 0 Å². The highest BCUT2D eigenvalue weighted by atomic mass is 16.2. The van der Waals surface area contributed by atoms with E-state index < -0.39 is 0 Å². The minimum absolute atomic E-state index is 0.350. The maximum absolute atomic E-state index is 12.0. The molecule has 2 heterocycles. The van der Waals surface area contributed by atoms with Crippen LogP contribution in [0.25, 0.3) is 0 Å². The Labute approximate surface area is 92.4 Å². The standard InChI is InChI=1S/C12H22N2O/c1-11-5-4-8-14(9-11)12(15)10-13-6-2-3-7-13/h11H,2-10H2,1H3. The van der Waals surface area contributed by atoms with Gasteiger partial charge >= 0.3 is 0 Å². The van der Waals surface area contributed by atoms with Crippen LogP contribution in [0.1, 0.15) is 32.6 Å². The van der Waals surface area contributed by atoms with Gasteiger partial charge < -0.3 is 4.90 Å². The highest BCUT2D eigenvalue weighted by Gasteiger charge is 2.23. The van der Waals surface area contributed by atoms with Crippen LogP contribution in [-0.2, 0) is 4.79 Å². The van der Waals surface area contributed by atoms with Gasteiger partial charge in [-0.25, -0.2) is 0 Å². The van der Waals surface area contributed by atoms with Crippen molar-refractivity contribution in [3.05, 3.63) is 0 Å². The van der Waals surface area contributed by atoms with Crippen molar-refractivity contribution >= 4 is 5.91 Å². The first-order valence-corrected chi connectivity index (χ1v) is 6.26. The molecular formula is C12H22N2O. The Morgan fingerprint density at radius 1 is 1.20 bits per heavy atom. The molecule has 0 bridgehead atoms. The van der Waals surface area contributed by atoms with E-state index in [1.54, 1.807) is 0 Å². The van der Waals surface area contributed by atoms with Crippen molar-refractivity contribution in [2.24, 2.45) is 5.92 Å². The van der Waals surface area contributed by atoms with Crippen molar-refractivity contribution in [2.45, 2.75) is 32.6 Å². The second kappa shape index (κ2) is 4.97. The minimum Gasteiger partial charge on any atom is -0.341 e. The molecule has 0 N–H and O–H groups in total. The van der Waals surface area contributed by atoms with Gasteiger partial charge in [0, 0.05) is 13.1 Å². The number of likely N-dealkylation sites (tertiary alicyclic amines) is 2. The topological polar surface area (TPSA) is 23.6 Å². The number of carbonyl (C=O) groups is 1. The number of hydrogen-bond acceptors (Lipinski definition) is 2. The lowest BCUT2D eigenvalue weighted by atomic mass is 10.0. The van der Waals surface area contributed by atoms with Crippen molar-refractivity contribution in [3.8, 4) is 0 Å². The second-order valence-electron chi connectivity index (χ2n) is 5.07. The summed E-state index contributed by atoms with van der Waals surface area (Å²) in [4.78, 5) is 16.3. The van der Waals surface area contributed by atoms with E-state index in [9.17, 15) is 4.79 Å². The highest BCUT2D eigenvalue weighted by molar-refractivity contribution is 5.78. The molecule has 1 unspecified atom stereocenters. The molecule has 0 aromatic rings. The van der Waals surface area contributed by atoms with Gasteiger partial charge in [0.15, 0.2) is 0 Å². The monoisotopic (exact) mass is 210 g/mol. The summed E-state index contributed by atoms with van der Waals surface area (Å²) in [7, 11) is 0. The fourth-order valence-electron chi connectivity index (χ4n) is 2.65. The second-order valence-corrected chi connectivity index (χ2v) is 5.07. The van der Waals surface area contributed by atoms with E-state index in [1.807, 2.05) is 0 Å². The smallest absolute Gasteiger partial charge is 0.236 e. The number of rotatable bonds is 2. The molecule has 2 aliphatic rings. The van der Waals surface area contributed by atoms with Crippen LogP contribution in [0.4, 0.5) is 0 Å². The van der Waals surface area contributed by atoms with E-state index in [4.69, 9.17) is 0 Å². The summed E-state index contributed by atoms with van der Waals surface area (Å²) in [5.74, 6) is 1.05. The fourth-order valence-corrected chi connectivity index (χ4v) is 2.65. The Bertz CT molecular complexity index is 224. The molecule has 0 saturated carbocycles. The average Bonchev–Trinajstić information content (AvgIpc) is 2.70. The van der Waals surface area contributed by atoms with E-state index >= 15 is 0 Å². The maximum Gasteiger partial charge on any atom is 0.236 e. The van der Waals surface area contributed by atoms with E-state index in [-0.39, 0.29) is 0 Å². The van der Waals surface area contributed by atoms with Gasteiger partial charge in [-0.2, -0.15) is 0 Å². The van der Waals surface area contributed by atoms with Gasteiger partial charge in [-0.05, 0) is 44.7 Å². The van der Waals surface area contributed by atoms with Crippen LogP contribution in [0, 0.1) is 5.92 Å². The molecule has 2 fully saturated rings. The third-order valence-corrected chi connectivity index (χ3v) is 3.57. The number of hydrogen-bond donors (Lipinski definition) is 0. The molecule has 15 heavy (non-hydrogen) atoms. The molecule has 86 valence electrons. The molecule has 0 radical (unpaired) electrons. The quantitative estimate of drug-likeness (QED) is 0.686. The molecule has 2 aliphatic heterocycles. The van der Waals surface area contributed by atoms with E-state index in [0.29, 0.717) is 18.4 Å².